The third-order valence-electron chi connectivity index (χ3n) is 2.94. The van der Waals surface area contributed by atoms with Crippen LogP contribution < -0.4 is 4.90 Å². The molecule has 0 bridgehead atoms. The molecule has 0 atom stereocenters. The molecule has 98 valence electrons. The number of methoxy groups -OCH3 is 1. The Hall–Kier alpha value is -1.07. The quantitative estimate of drug-likeness (QED) is 0.607. The van der Waals surface area contributed by atoms with Gasteiger partial charge in [-0.25, -0.2) is 4.98 Å². The van der Waals surface area contributed by atoms with Crippen LogP contribution in [0, 0.1) is 0 Å². The average molecular weight is 312 g/mol. The van der Waals surface area contributed by atoms with Crippen molar-refractivity contribution in [3.8, 4) is 0 Å². The predicted octanol–water partition coefficient (Wildman–Crippen LogP) is 2.70. The summed E-state index contributed by atoms with van der Waals surface area (Å²) in [7, 11) is 3.80. The summed E-state index contributed by atoms with van der Waals surface area (Å²) in [6, 6.07) is 6.06. The first-order valence-electron chi connectivity index (χ1n) is 6.00. The van der Waals surface area contributed by atoms with Crippen LogP contribution in [-0.2, 0) is 10.1 Å². The standard InChI is InChI=1S/C13H18BrN3O/c1-16(7-5-9-18-2)13-11(10-14)17-8-4-3-6-12(17)15-13/h3-4,6,8H,5,7,9-10H2,1-2H3. The smallest absolute Gasteiger partial charge is 0.151 e. The molecule has 0 fully saturated rings. The van der Waals surface area contributed by atoms with Gasteiger partial charge in [-0.15, -0.1) is 0 Å². The molecule has 0 N–H and O–H groups in total. The monoisotopic (exact) mass is 311 g/mol. The Morgan fingerprint density at radius 1 is 1.44 bits per heavy atom. The maximum absolute atomic E-state index is 5.08. The number of ether oxygens (including phenoxy) is 1. The number of rotatable bonds is 6. The molecule has 2 aromatic rings. The summed E-state index contributed by atoms with van der Waals surface area (Å²) in [6.07, 6.45) is 3.05. The number of hydrogen-bond acceptors (Lipinski definition) is 3. The topological polar surface area (TPSA) is 29.8 Å². The van der Waals surface area contributed by atoms with Crippen LogP contribution in [0.25, 0.3) is 5.65 Å². The first-order valence-corrected chi connectivity index (χ1v) is 7.12. The molecule has 0 spiro atoms. The Morgan fingerprint density at radius 2 is 2.28 bits per heavy atom. The fourth-order valence-corrected chi connectivity index (χ4v) is 2.54. The number of alkyl halides is 1. The van der Waals surface area contributed by atoms with Gasteiger partial charge in [-0.3, -0.25) is 0 Å². The van der Waals surface area contributed by atoms with Gasteiger partial charge < -0.3 is 14.0 Å². The highest BCUT2D eigenvalue weighted by Crippen LogP contribution is 2.23. The van der Waals surface area contributed by atoms with Crippen LogP contribution in [0.3, 0.4) is 0 Å². The van der Waals surface area contributed by atoms with E-state index in [2.05, 4.69) is 37.3 Å². The van der Waals surface area contributed by atoms with E-state index in [-0.39, 0.29) is 0 Å². The largest absolute Gasteiger partial charge is 0.385 e. The second-order valence-electron chi connectivity index (χ2n) is 4.21. The van der Waals surface area contributed by atoms with E-state index in [1.165, 1.54) is 5.69 Å². The van der Waals surface area contributed by atoms with E-state index in [4.69, 9.17) is 4.74 Å². The Bertz CT molecular complexity index is 512. The lowest BCUT2D eigenvalue weighted by atomic mass is 10.4. The van der Waals surface area contributed by atoms with Gasteiger partial charge in [-0.2, -0.15) is 0 Å². The van der Waals surface area contributed by atoms with Crippen LogP contribution in [0.15, 0.2) is 24.4 Å². The van der Waals surface area contributed by atoms with Gasteiger partial charge in [-0.05, 0) is 18.6 Å². The summed E-state index contributed by atoms with van der Waals surface area (Å²) in [5.41, 5.74) is 2.17. The van der Waals surface area contributed by atoms with Gasteiger partial charge in [0, 0.05) is 38.8 Å². The summed E-state index contributed by atoms with van der Waals surface area (Å²) in [5.74, 6) is 1.04. The van der Waals surface area contributed by atoms with Crippen molar-refractivity contribution in [2.75, 3.05) is 32.2 Å². The maximum atomic E-state index is 5.08. The molecule has 5 heteroatoms. The van der Waals surface area contributed by atoms with Gasteiger partial charge >= 0.3 is 0 Å². The first-order chi connectivity index (χ1) is 8.77. The first kappa shape index (κ1) is 13.4. The third kappa shape index (κ3) is 2.67. The highest BCUT2D eigenvalue weighted by molar-refractivity contribution is 9.08. The Morgan fingerprint density at radius 3 is 3.00 bits per heavy atom. The van der Waals surface area contributed by atoms with Crippen LogP contribution in [0.1, 0.15) is 12.1 Å². The number of imidazole rings is 1. The van der Waals surface area contributed by atoms with Gasteiger partial charge in [0.25, 0.3) is 0 Å². The van der Waals surface area contributed by atoms with Crippen LogP contribution >= 0.6 is 15.9 Å². The number of aromatic nitrogens is 2. The molecule has 0 unspecified atom stereocenters. The van der Waals surface area contributed by atoms with Gasteiger partial charge in [0.15, 0.2) is 5.82 Å². The summed E-state index contributed by atoms with van der Waals surface area (Å²) >= 11 is 3.55. The van der Waals surface area contributed by atoms with Crippen molar-refractivity contribution in [1.82, 2.24) is 9.38 Å². The number of hydrogen-bond donors (Lipinski definition) is 0. The van der Waals surface area contributed by atoms with Crippen molar-refractivity contribution in [2.24, 2.45) is 0 Å². The van der Waals surface area contributed by atoms with E-state index in [0.717, 1.165) is 36.4 Å². The molecule has 0 aromatic carbocycles. The highest BCUT2D eigenvalue weighted by atomic mass is 79.9. The van der Waals surface area contributed by atoms with Crippen molar-refractivity contribution >= 4 is 27.4 Å². The number of nitrogens with zero attached hydrogens (tertiary/aromatic N) is 3. The molecule has 0 aliphatic carbocycles. The summed E-state index contributed by atoms with van der Waals surface area (Å²) in [4.78, 5) is 6.86. The minimum absolute atomic E-state index is 0.779. The molecule has 2 aromatic heterocycles. The van der Waals surface area contributed by atoms with E-state index in [9.17, 15) is 0 Å². The third-order valence-corrected chi connectivity index (χ3v) is 3.47. The number of fused-ring (bicyclic) bond motifs is 1. The molecule has 0 saturated heterocycles. The van der Waals surface area contributed by atoms with Crippen LogP contribution in [-0.4, -0.2) is 36.7 Å². The number of halogens is 1. The lowest BCUT2D eigenvalue weighted by molar-refractivity contribution is 0.196. The summed E-state index contributed by atoms with van der Waals surface area (Å²) < 4.78 is 7.20. The van der Waals surface area contributed by atoms with Crippen molar-refractivity contribution < 1.29 is 4.74 Å². The molecule has 0 aliphatic rings. The Labute approximate surface area is 116 Å². The van der Waals surface area contributed by atoms with Crippen LogP contribution in [0.5, 0.6) is 0 Å². The van der Waals surface area contributed by atoms with E-state index in [1.807, 2.05) is 24.4 Å². The fraction of sp³-hybridized carbons (Fsp3) is 0.462. The minimum atomic E-state index is 0.779. The molecule has 2 heterocycles. The van der Waals surface area contributed by atoms with Crippen molar-refractivity contribution in [2.45, 2.75) is 11.8 Å². The zero-order valence-corrected chi connectivity index (χ0v) is 12.4. The van der Waals surface area contributed by atoms with Crippen LogP contribution in [0.4, 0.5) is 5.82 Å². The second kappa shape index (κ2) is 6.20. The minimum Gasteiger partial charge on any atom is -0.385 e. The zero-order chi connectivity index (χ0) is 13.0. The van der Waals surface area contributed by atoms with E-state index < -0.39 is 0 Å². The average Bonchev–Trinajstić information content (AvgIpc) is 2.77. The normalized spacial score (nSPS) is 11.1. The molecular formula is C13H18BrN3O. The number of anilines is 1. The molecule has 2 rings (SSSR count). The van der Waals surface area contributed by atoms with E-state index in [0.29, 0.717) is 0 Å². The summed E-state index contributed by atoms with van der Waals surface area (Å²) in [5, 5.41) is 0.794. The molecule has 0 amide bonds. The maximum Gasteiger partial charge on any atom is 0.151 e. The second-order valence-corrected chi connectivity index (χ2v) is 4.77. The molecule has 0 radical (unpaired) electrons. The molecule has 0 saturated carbocycles. The summed E-state index contributed by atoms with van der Waals surface area (Å²) in [6.45, 7) is 1.72. The Balaban J connectivity index is 2.26. The van der Waals surface area contributed by atoms with Gasteiger partial charge in [0.1, 0.15) is 5.65 Å². The van der Waals surface area contributed by atoms with Gasteiger partial charge in [0.05, 0.1) is 5.69 Å². The molecule has 0 aliphatic heterocycles. The number of pyridine rings is 1. The lowest BCUT2D eigenvalue weighted by Crippen LogP contribution is -2.21. The van der Waals surface area contributed by atoms with E-state index >= 15 is 0 Å². The van der Waals surface area contributed by atoms with E-state index in [1.54, 1.807) is 7.11 Å². The fourth-order valence-electron chi connectivity index (χ4n) is 2.02. The van der Waals surface area contributed by atoms with Crippen LogP contribution in [0.2, 0.25) is 0 Å². The van der Waals surface area contributed by atoms with Crippen molar-refractivity contribution in [3.63, 3.8) is 0 Å². The van der Waals surface area contributed by atoms with Gasteiger partial charge in [0.2, 0.25) is 0 Å². The molecular weight excluding hydrogens is 294 g/mol. The van der Waals surface area contributed by atoms with Crippen molar-refractivity contribution in [3.05, 3.63) is 30.1 Å². The van der Waals surface area contributed by atoms with Crippen molar-refractivity contribution in [1.29, 1.82) is 0 Å². The SMILES string of the molecule is COCCCN(C)c1nc2ccccn2c1CBr. The molecule has 4 nitrogen and oxygen atoms in total. The highest BCUT2D eigenvalue weighted by Gasteiger charge is 2.14. The predicted molar refractivity (Wildman–Crippen MR) is 77.6 cm³/mol. The lowest BCUT2D eigenvalue weighted by Gasteiger charge is -2.17. The zero-order valence-electron chi connectivity index (χ0n) is 10.8. The molecule has 18 heavy (non-hydrogen) atoms. The Kier molecular flexibility index (Phi) is 4.60. The van der Waals surface area contributed by atoms with Gasteiger partial charge in [-0.1, -0.05) is 22.0 Å².